The Kier molecular flexibility index (Phi) is 7.52. The summed E-state index contributed by atoms with van der Waals surface area (Å²) < 4.78 is 12.2. The van der Waals surface area contributed by atoms with Gasteiger partial charge in [-0.3, -0.25) is 4.79 Å². The zero-order chi connectivity index (χ0) is 19.1. The van der Waals surface area contributed by atoms with E-state index in [1.54, 1.807) is 18.2 Å². The van der Waals surface area contributed by atoms with E-state index in [1.165, 1.54) is 0 Å². The molecule has 1 fully saturated rings. The van der Waals surface area contributed by atoms with E-state index in [0.717, 1.165) is 30.2 Å². The van der Waals surface area contributed by atoms with Crippen molar-refractivity contribution in [2.45, 2.75) is 58.6 Å². The second-order valence-electron chi connectivity index (χ2n) is 6.54. The summed E-state index contributed by atoms with van der Waals surface area (Å²) in [6.45, 7) is 6.27. The lowest BCUT2D eigenvalue weighted by atomic mass is 10.1. The van der Waals surface area contributed by atoms with Gasteiger partial charge in [0.15, 0.2) is 11.5 Å². The van der Waals surface area contributed by atoms with Gasteiger partial charge in [0.05, 0.1) is 12.7 Å². The maximum atomic E-state index is 12.4. The number of carbonyl (C=O) groups is 1. The van der Waals surface area contributed by atoms with Gasteiger partial charge >= 0.3 is 0 Å². The second kappa shape index (κ2) is 9.63. The average Bonchev–Trinajstić information content (AvgIpc) is 3.08. The van der Waals surface area contributed by atoms with E-state index in [0.29, 0.717) is 23.7 Å². The Labute approximate surface area is 163 Å². The molecular weight excluding hydrogens is 396 g/mol. The highest BCUT2D eigenvalue weighted by Crippen LogP contribution is 2.35. The molecule has 0 spiro atoms. The standard InChI is InChI=1S/C20H25BrN2O3/c1-4-25-18-10-14(17(21)11-19(18)26-13(2)3)9-15(12-22)20(24)23-16-7-5-6-8-16/h9-11,13,16H,4-8H2,1-3H3,(H,23,24)/b15-9+. The Bertz CT molecular complexity index is 717. The fourth-order valence-electron chi connectivity index (χ4n) is 2.91. The van der Waals surface area contributed by atoms with Crippen LogP contribution in [0.2, 0.25) is 0 Å². The van der Waals surface area contributed by atoms with E-state index in [9.17, 15) is 10.1 Å². The summed E-state index contributed by atoms with van der Waals surface area (Å²) in [4.78, 5) is 12.4. The van der Waals surface area contributed by atoms with Crippen LogP contribution >= 0.6 is 15.9 Å². The van der Waals surface area contributed by atoms with Crippen molar-refractivity contribution >= 4 is 27.9 Å². The monoisotopic (exact) mass is 420 g/mol. The Morgan fingerprint density at radius 2 is 2.08 bits per heavy atom. The number of hydrogen-bond acceptors (Lipinski definition) is 4. The van der Waals surface area contributed by atoms with Gasteiger partial charge in [0.1, 0.15) is 11.6 Å². The minimum absolute atomic E-state index is 0.00866. The van der Waals surface area contributed by atoms with E-state index in [4.69, 9.17) is 9.47 Å². The molecule has 1 aromatic rings. The van der Waals surface area contributed by atoms with Crippen LogP contribution in [-0.4, -0.2) is 24.7 Å². The molecule has 1 aliphatic rings. The molecule has 140 valence electrons. The summed E-state index contributed by atoms with van der Waals surface area (Å²) in [7, 11) is 0. The van der Waals surface area contributed by atoms with Gasteiger partial charge in [-0.2, -0.15) is 5.26 Å². The fraction of sp³-hybridized carbons (Fsp3) is 0.500. The van der Waals surface area contributed by atoms with Crippen molar-refractivity contribution in [1.29, 1.82) is 5.26 Å². The lowest BCUT2D eigenvalue weighted by molar-refractivity contribution is -0.117. The topological polar surface area (TPSA) is 71.3 Å². The summed E-state index contributed by atoms with van der Waals surface area (Å²) in [6, 6.07) is 5.77. The number of nitrogens with zero attached hydrogens (tertiary/aromatic N) is 1. The number of amides is 1. The minimum atomic E-state index is -0.327. The number of ether oxygens (including phenoxy) is 2. The summed E-state index contributed by atoms with van der Waals surface area (Å²) >= 11 is 3.50. The zero-order valence-corrected chi connectivity index (χ0v) is 17.1. The molecule has 26 heavy (non-hydrogen) atoms. The minimum Gasteiger partial charge on any atom is -0.490 e. The van der Waals surface area contributed by atoms with Gasteiger partial charge in [0, 0.05) is 10.5 Å². The third-order valence-electron chi connectivity index (χ3n) is 4.08. The molecule has 1 aliphatic carbocycles. The van der Waals surface area contributed by atoms with E-state index >= 15 is 0 Å². The zero-order valence-electron chi connectivity index (χ0n) is 15.5. The van der Waals surface area contributed by atoms with Gasteiger partial charge in [-0.25, -0.2) is 0 Å². The molecule has 0 bridgehead atoms. The number of benzene rings is 1. The molecule has 0 atom stereocenters. The first-order valence-electron chi connectivity index (χ1n) is 9.00. The molecular formula is C20H25BrN2O3. The smallest absolute Gasteiger partial charge is 0.262 e. The normalized spacial score (nSPS) is 15.0. The molecule has 0 aromatic heterocycles. The molecule has 0 heterocycles. The predicted molar refractivity (Wildman–Crippen MR) is 105 cm³/mol. The second-order valence-corrected chi connectivity index (χ2v) is 7.40. The molecule has 0 unspecified atom stereocenters. The molecule has 1 aromatic carbocycles. The highest BCUT2D eigenvalue weighted by atomic mass is 79.9. The molecule has 0 saturated heterocycles. The van der Waals surface area contributed by atoms with E-state index < -0.39 is 0 Å². The molecule has 0 radical (unpaired) electrons. The number of hydrogen-bond donors (Lipinski definition) is 1. The van der Waals surface area contributed by atoms with Crippen LogP contribution in [0.25, 0.3) is 6.08 Å². The Balaban J connectivity index is 2.29. The van der Waals surface area contributed by atoms with Crippen molar-refractivity contribution in [2.75, 3.05) is 6.61 Å². The molecule has 5 nitrogen and oxygen atoms in total. The van der Waals surface area contributed by atoms with Gasteiger partial charge < -0.3 is 14.8 Å². The first-order valence-corrected chi connectivity index (χ1v) is 9.79. The van der Waals surface area contributed by atoms with Gasteiger partial charge in [0.25, 0.3) is 5.91 Å². The lowest BCUT2D eigenvalue weighted by Crippen LogP contribution is -2.33. The highest BCUT2D eigenvalue weighted by Gasteiger charge is 2.20. The quantitative estimate of drug-likeness (QED) is 0.516. The van der Waals surface area contributed by atoms with Crippen molar-refractivity contribution in [1.82, 2.24) is 5.32 Å². The lowest BCUT2D eigenvalue weighted by Gasteiger charge is -2.16. The summed E-state index contributed by atoms with van der Waals surface area (Å²) in [5, 5.41) is 12.4. The summed E-state index contributed by atoms with van der Waals surface area (Å²) in [6.07, 6.45) is 5.78. The van der Waals surface area contributed by atoms with E-state index in [2.05, 4.69) is 21.2 Å². The third-order valence-corrected chi connectivity index (χ3v) is 4.77. The third kappa shape index (κ3) is 5.50. The molecule has 2 rings (SSSR count). The average molecular weight is 421 g/mol. The van der Waals surface area contributed by atoms with Crippen LogP contribution in [0, 0.1) is 11.3 Å². The van der Waals surface area contributed by atoms with Crippen LogP contribution in [0.1, 0.15) is 52.0 Å². The highest BCUT2D eigenvalue weighted by molar-refractivity contribution is 9.10. The number of rotatable bonds is 7. The van der Waals surface area contributed by atoms with Crippen LogP contribution in [0.5, 0.6) is 11.5 Å². The summed E-state index contributed by atoms with van der Waals surface area (Å²) in [5.41, 5.74) is 0.778. The van der Waals surface area contributed by atoms with Gasteiger partial charge in [-0.1, -0.05) is 28.8 Å². The first-order chi connectivity index (χ1) is 12.4. The van der Waals surface area contributed by atoms with Crippen molar-refractivity contribution in [3.05, 3.63) is 27.7 Å². The van der Waals surface area contributed by atoms with E-state index in [1.807, 2.05) is 26.8 Å². The molecule has 1 N–H and O–H groups in total. The van der Waals surface area contributed by atoms with Crippen molar-refractivity contribution in [3.63, 3.8) is 0 Å². The molecule has 6 heteroatoms. The number of nitrogens with one attached hydrogen (secondary N) is 1. The van der Waals surface area contributed by atoms with Gasteiger partial charge in [-0.05, 0) is 57.4 Å². The fourth-order valence-corrected chi connectivity index (χ4v) is 3.35. The Morgan fingerprint density at radius 1 is 1.38 bits per heavy atom. The van der Waals surface area contributed by atoms with Crippen molar-refractivity contribution < 1.29 is 14.3 Å². The van der Waals surface area contributed by atoms with Crippen molar-refractivity contribution in [2.24, 2.45) is 0 Å². The summed E-state index contributed by atoms with van der Waals surface area (Å²) in [5.74, 6) is 0.885. The van der Waals surface area contributed by atoms with Crippen LogP contribution in [0.3, 0.4) is 0 Å². The van der Waals surface area contributed by atoms with Crippen LogP contribution in [0.4, 0.5) is 0 Å². The van der Waals surface area contributed by atoms with E-state index in [-0.39, 0.29) is 23.6 Å². The van der Waals surface area contributed by atoms with Gasteiger partial charge in [-0.15, -0.1) is 0 Å². The first kappa shape index (κ1) is 20.3. The van der Waals surface area contributed by atoms with Crippen molar-refractivity contribution in [3.8, 4) is 17.6 Å². The molecule has 1 saturated carbocycles. The maximum Gasteiger partial charge on any atom is 0.262 e. The molecule has 0 aliphatic heterocycles. The van der Waals surface area contributed by atoms with Crippen LogP contribution in [0.15, 0.2) is 22.2 Å². The SMILES string of the molecule is CCOc1cc(/C=C(\C#N)C(=O)NC2CCCC2)c(Br)cc1OC(C)C. The largest absolute Gasteiger partial charge is 0.490 e. The number of nitriles is 1. The van der Waals surface area contributed by atoms with Gasteiger partial charge in [0.2, 0.25) is 0 Å². The number of halogens is 1. The Morgan fingerprint density at radius 3 is 2.65 bits per heavy atom. The molecule has 1 amide bonds. The predicted octanol–water partition coefficient (Wildman–Crippen LogP) is 4.60. The number of carbonyl (C=O) groups excluding carboxylic acids is 1. The maximum absolute atomic E-state index is 12.4. The van der Waals surface area contributed by atoms with Crippen LogP contribution < -0.4 is 14.8 Å². The van der Waals surface area contributed by atoms with Crippen LogP contribution in [-0.2, 0) is 4.79 Å². The Hall–Kier alpha value is -2.00.